The minimum atomic E-state index is -0.900. The summed E-state index contributed by atoms with van der Waals surface area (Å²) in [6.07, 6.45) is 1.44. The molecule has 94 valence electrons. The first kappa shape index (κ1) is 13.3. The van der Waals surface area contributed by atoms with E-state index in [4.69, 9.17) is 0 Å². The van der Waals surface area contributed by atoms with Crippen LogP contribution in [0, 0.1) is 20.2 Å². The van der Waals surface area contributed by atoms with Gasteiger partial charge in [-0.15, -0.1) is 6.58 Å². The van der Waals surface area contributed by atoms with Gasteiger partial charge >= 0.3 is 11.4 Å². The fourth-order valence-electron chi connectivity index (χ4n) is 1.23. The highest BCUT2D eigenvalue weighted by atomic mass is 16.6. The van der Waals surface area contributed by atoms with Gasteiger partial charge in [-0.3, -0.25) is 25.0 Å². The summed E-state index contributed by atoms with van der Waals surface area (Å²) in [5, 5.41) is 23.6. The third-order valence-electron chi connectivity index (χ3n) is 2.04. The number of rotatable bonds is 5. The Kier molecular flexibility index (Phi) is 4.08. The second kappa shape index (κ2) is 5.53. The maximum absolute atomic E-state index is 11.5. The first-order valence-electron chi connectivity index (χ1n) is 4.79. The largest absolute Gasteiger partial charge is 0.349 e. The maximum Gasteiger partial charge on any atom is 0.346 e. The van der Waals surface area contributed by atoms with Gasteiger partial charge in [0.2, 0.25) is 0 Å². The second-order valence-electron chi connectivity index (χ2n) is 3.22. The summed E-state index contributed by atoms with van der Waals surface area (Å²) in [4.78, 5) is 31.0. The third-order valence-corrected chi connectivity index (χ3v) is 2.04. The Hall–Kier alpha value is -2.77. The molecule has 0 radical (unpaired) electrons. The summed E-state index contributed by atoms with van der Waals surface area (Å²) in [6.45, 7) is 3.60. The highest BCUT2D eigenvalue weighted by Gasteiger charge is 2.25. The fourth-order valence-corrected chi connectivity index (χ4v) is 1.23. The molecule has 0 saturated heterocycles. The summed E-state index contributed by atoms with van der Waals surface area (Å²) in [5.74, 6) is -0.562. The molecule has 1 aromatic rings. The van der Waals surface area contributed by atoms with Gasteiger partial charge in [-0.2, -0.15) is 0 Å². The second-order valence-corrected chi connectivity index (χ2v) is 3.22. The van der Waals surface area contributed by atoms with E-state index in [-0.39, 0.29) is 12.1 Å². The number of nitro groups is 2. The zero-order valence-electron chi connectivity index (χ0n) is 9.16. The van der Waals surface area contributed by atoms with Crippen molar-refractivity contribution >= 4 is 17.3 Å². The van der Waals surface area contributed by atoms with Gasteiger partial charge in [-0.25, -0.2) is 0 Å². The molecule has 1 amide bonds. The van der Waals surface area contributed by atoms with Crippen LogP contribution in [0.25, 0.3) is 0 Å². The molecule has 0 aliphatic heterocycles. The van der Waals surface area contributed by atoms with Crippen molar-refractivity contribution in [2.75, 3.05) is 6.54 Å². The van der Waals surface area contributed by atoms with Gasteiger partial charge < -0.3 is 5.32 Å². The predicted molar refractivity (Wildman–Crippen MR) is 62.3 cm³/mol. The Bertz CT molecular complexity index is 526. The third kappa shape index (κ3) is 2.88. The van der Waals surface area contributed by atoms with Crippen molar-refractivity contribution < 1.29 is 14.6 Å². The lowest BCUT2D eigenvalue weighted by Crippen LogP contribution is -2.23. The van der Waals surface area contributed by atoms with Gasteiger partial charge in [-0.1, -0.05) is 6.08 Å². The van der Waals surface area contributed by atoms with Gasteiger partial charge in [0.25, 0.3) is 5.91 Å². The van der Waals surface area contributed by atoms with Crippen molar-refractivity contribution in [2.45, 2.75) is 0 Å². The molecule has 8 nitrogen and oxygen atoms in total. The number of nitrogens with one attached hydrogen (secondary N) is 1. The van der Waals surface area contributed by atoms with Crippen molar-refractivity contribution in [3.8, 4) is 0 Å². The molecule has 0 bridgehead atoms. The number of hydrogen-bond acceptors (Lipinski definition) is 5. The van der Waals surface area contributed by atoms with Gasteiger partial charge in [0, 0.05) is 24.2 Å². The Labute approximate surface area is 101 Å². The molecule has 1 N–H and O–H groups in total. The van der Waals surface area contributed by atoms with Crippen molar-refractivity contribution in [3.05, 3.63) is 56.6 Å². The summed E-state index contributed by atoms with van der Waals surface area (Å²) in [5.41, 5.74) is -1.39. The predicted octanol–water partition coefficient (Wildman–Crippen LogP) is 1.42. The maximum atomic E-state index is 11.5. The Morgan fingerprint density at radius 3 is 2.39 bits per heavy atom. The number of hydrogen-bond donors (Lipinski definition) is 1. The quantitative estimate of drug-likeness (QED) is 0.482. The highest BCUT2D eigenvalue weighted by molar-refractivity contribution is 5.95. The first-order chi connectivity index (χ1) is 8.47. The van der Waals surface area contributed by atoms with Gasteiger partial charge in [-0.05, 0) is 6.07 Å². The molecule has 0 aromatic heterocycles. The van der Waals surface area contributed by atoms with Crippen LogP contribution in [0.5, 0.6) is 0 Å². The van der Waals surface area contributed by atoms with Crippen LogP contribution in [0.4, 0.5) is 11.4 Å². The van der Waals surface area contributed by atoms with Crippen LogP contribution < -0.4 is 5.32 Å². The average molecular weight is 251 g/mol. The van der Waals surface area contributed by atoms with Crippen LogP contribution in [-0.2, 0) is 0 Å². The summed E-state index contributed by atoms with van der Waals surface area (Å²) in [7, 11) is 0. The van der Waals surface area contributed by atoms with Crippen LogP contribution in [0.15, 0.2) is 30.9 Å². The lowest BCUT2D eigenvalue weighted by atomic mass is 10.1. The SMILES string of the molecule is C=CCNC(=O)c1ccc([N+](=O)[O-])c([N+](=O)[O-])c1. The summed E-state index contributed by atoms with van der Waals surface area (Å²) in [6, 6.07) is 2.96. The molecule has 0 spiro atoms. The minimum absolute atomic E-state index is 0.0193. The van der Waals surface area contributed by atoms with Crippen LogP contribution in [0.3, 0.4) is 0 Å². The molecule has 0 aliphatic carbocycles. The molecule has 1 rings (SSSR count). The van der Waals surface area contributed by atoms with E-state index in [9.17, 15) is 25.0 Å². The first-order valence-corrected chi connectivity index (χ1v) is 4.79. The summed E-state index contributed by atoms with van der Waals surface area (Å²) < 4.78 is 0. The van der Waals surface area contributed by atoms with Crippen molar-refractivity contribution in [3.63, 3.8) is 0 Å². The van der Waals surface area contributed by atoms with Crippen LogP contribution in [0.2, 0.25) is 0 Å². The lowest BCUT2D eigenvalue weighted by Gasteiger charge is -2.02. The van der Waals surface area contributed by atoms with Gasteiger partial charge in [0.1, 0.15) is 0 Å². The van der Waals surface area contributed by atoms with Crippen molar-refractivity contribution in [2.24, 2.45) is 0 Å². The monoisotopic (exact) mass is 251 g/mol. The standard InChI is InChI=1S/C10H9N3O5/c1-2-5-11-10(14)7-3-4-8(12(15)16)9(6-7)13(17)18/h2-4,6H,1,5H2,(H,11,14). The normalized spacial score (nSPS) is 9.56. The number of benzene rings is 1. The van der Waals surface area contributed by atoms with E-state index in [1.807, 2.05) is 0 Å². The number of carbonyl (C=O) groups is 1. The highest BCUT2D eigenvalue weighted by Crippen LogP contribution is 2.27. The number of nitrogens with zero attached hydrogens (tertiary/aromatic N) is 2. The van der Waals surface area contributed by atoms with E-state index in [1.165, 1.54) is 6.08 Å². The van der Waals surface area contributed by atoms with E-state index in [1.54, 1.807) is 0 Å². The van der Waals surface area contributed by atoms with Crippen molar-refractivity contribution in [1.29, 1.82) is 0 Å². The van der Waals surface area contributed by atoms with Crippen LogP contribution in [0.1, 0.15) is 10.4 Å². The van der Waals surface area contributed by atoms with E-state index in [0.29, 0.717) is 0 Å². The zero-order valence-corrected chi connectivity index (χ0v) is 9.16. The molecule has 0 fully saturated rings. The molecule has 0 atom stereocenters. The fraction of sp³-hybridized carbons (Fsp3) is 0.100. The van der Waals surface area contributed by atoms with E-state index < -0.39 is 27.1 Å². The van der Waals surface area contributed by atoms with E-state index in [2.05, 4.69) is 11.9 Å². The van der Waals surface area contributed by atoms with Crippen LogP contribution >= 0.6 is 0 Å². The van der Waals surface area contributed by atoms with Crippen LogP contribution in [-0.4, -0.2) is 22.3 Å². The molecule has 1 aromatic carbocycles. The summed E-state index contributed by atoms with van der Waals surface area (Å²) >= 11 is 0. The Morgan fingerprint density at radius 2 is 1.89 bits per heavy atom. The number of amides is 1. The molecule has 8 heteroatoms. The zero-order chi connectivity index (χ0) is 13.7. The molecule has 0 heterocycles. The molecular formula is C10H9N3O5. The molecular weight excluding hydrogens is 242 g/mol. The van der Waals surface area contributed by atoms with E-state index >= 15 is 0 Å². The smallest absolute Gasteiger partial charge is 0.346 e. The van der Waals surface area contributed by atoms with Gasteiger partial charge in [0.15, 0.2) is 0 Å². The Balaban J connectivity index is 3.15. The van der Waals surface area contributed by atoms with E-state index in [0.717, 1.165) is 18.2 Å². The Morgan fingerprint density at radius 1 is 1.28 bits per heavy atom. The molecule has 0 aliphatic rings. The topological polar surface area (TPSA) is 115 Å². The molecule has 18 heavy (non-hydrogen) atoms. The lowest BCUT2D eigenvalue weighted by molar-refractivity contribution is -0.422. The van der Waals surface area contributed by atoms with Crippen molar-refractivity contribution in [1.82, 2.24) is 5.32 Å². The van der Waals surface area contributed by atoms with Gasteiger partial charge in [0.05, 0.1) is 9.85 Å². The average Bonchev–Trinajstić information content (AvgIpc) is 2.34. The number of nitro benzene ring substituents is 2. The minimum Gasteiger partial charge on any atom is -0.349 e. The molecule has 0 saturated carbocycles. The molecule has 0 unspecified atom stereocenters. The number of carbonyl (C=O) groups excluding carboxylic acids is 1.